The molecule has 0 N–H and O–H groups in total. The number of hydrogen-bond acceptors (Lipinski definition) is 6. The van der Waals surface area contributed by atoms with Gasteiger partial charge in [0.1, 0.15) is 0 Å². The summed E-state index contributed by atoms with van der Waals surface area (Å²) in [6, 6.07) is 22.3. The van der Waals surface area contributed by atoms with Gasteiger partial charge in [-0.15, -0.1) is 0 Å². The van der Waals surface area contributed by atoms with Crippen molar-refractivity contribution in [2.24, 2.45) is 0 Å². The minimum atomic E-state index is -0.501. The highest BCUT2D eigenvalue weighted by atomic mass is 16.7. The predicted molar refractivity (Wildman–Crippen MR) is 136 cm³/mol. The van der Waals surface area contributed by atoms with Gasteiger partial charge in [-0.05, 0) is 60.2 Å². The van der Waals surface area contributed by atoms with Crippen LogP contribution in [0, 0.1) is 0 Å². The number of fused-ring (bicyclic) bond motifs is 3. The fourth-order valence-electron chi connectivity index (χ4n) is 4.82. The van der Waals surface area contributed by atoms with E-state index in [2.05, 4.69) is 6.08 Å². The molecule has 3 aromatic carbocycles. The third-order valence-electron chi connectivity index (χ3n) is 6.54. The zero-order valence-electron chi connectivity index (χ0n) is 19.5. The van der Waals surface area contributed by atoms with E-state index in [0.717, 1.165) is 57.6 Å². The number of carbonyl (C=O) groups excluding carboxylic acids is 2. The summed E-state index contributed by atoms with van der Waals surface area (Å²) >= 11 is 0. The van der Waals surface area contributed by atoms with Crippen molar-refractivity contribution in [2.75, 3.05) is 13.4 Å². The Morgan fingerprint density at radius 1 is 0.917 bits per heavy atom. The highest BCUT2D eigenvalue weighted by Gasteiger charge is 2.26. The van der Waals surface area contributed by atoms with Crippen molar-refractivity contribution in [3.05, 3.63) is 101 Å². The Bertz CT molecular complexity index is 1520. The molecule has 0 radical (unpaired) electrons. The second-order valence-corrected chi connectivity index (χ2v) is 8.83. The van der Waals surface area contributed by atoms with E-state index in [9.17, 15) is 9.59 Å². The molecule has 0 spiro atoms. The van der Waals surface area contributed by atoms with Crippen LogP contribution in [0.4, 0.5) is 0 Å². The second-order valence-electron chi connectivity index (χ2n) is 8.83. The fourth-order valence-corrected chi connectivity index (χ4v) is 4.82. The molecule has 1 aliphatic carbocycles. The molecule has 0 fully saturated rings. The summed E-state index contributed by atoms with van der Waals surface area (Å²) < 4.78 is 16.5. The maximum Gasteiger partial charge on any atom is 0.339 e. The largest absolute Gasteiger partial charge is 0.454 e. The molecule has 0 saturated carbocycles. The number of Topliss-reactive ketones (excluding diaryl/α,β-unsaturated/α-hetero) is 1. The van der Waals surface area contributed by atoms with Crippen LogP contribution in [0.15, 0.2) is 72.8 Å². The lowest BCUT2D eigenvalue weighted by molar-refractivity contribution is 0.0475. The molecule has 2 aliphatic rings. The number of esters is 1. The number of ether oxygens (including phenoxy) is 3. The summed E-state index contributed by atoms with van der Waals surface area (Å²) in [6.07, 6.45) is 4.53. The molecule has 1 aliphatic heterocycles. The van der Waals surface area contributed by atoms with E-state index in [1.54, 1.807) is 24.3 Å². The molecule has 0 atom stereocenters. The van der Waals surface area contributed by atoms with Gasteiger partial charge in [-0.2, -0.15) is 0 Å². The number of ketones is 1. The number of para-hydroxylation sites is 1. The molecule has 1 aromatic heterocycles. The van der Waals surface area contributed by atoms with Gasteiger partial charge in [-0.1, -0.05) is 54.6 Å². The number of hydrogen-bond donors (Lipinski definition) is 0. The molecule has 178 valence electrons. The first-order valence-corrected chi connectivity index (χ1v) is 11.9. The van der Waals surface area contributed by atoms with Gasteiger partial charge in [0.05, 0.1) is 16.8 Å². The lowest BCUT2D eigenvalue weighted by atomic mass is 9.86. The topological polar surface area (TPSA) is 74.7 Å². The van der Waals surface area contributed by atoms with Crippen molar-refractivity contribution < 1.29 is 23.8 Å². The van der Waals surface area contributed by atoms with Crippen LogP contribution in [0.25, 0.3) is 22.6 Å². The number of aromatic nitrogens is 1. The van der Waals surface area contributed by atoms with Crippen LogP contribution in [0.1, 0.15) is 50.4 Å². The van der Waals surface area contributed by atoms with Gasteiger partial charge in [-0.3, -0.25) is 4.79 Å². The number of carbonyl (C=O) groups is 2. The monoisotopic (exact) mass is 477 g/mol. The summed E-state index contributed by atoms with van der Waals surface area (Å²) in [4.78, 5) is 30.9. The third kappa shape index (κ3) is 4.11. The molecule has 2 heterocycles. The zero-order valence-corrected chi connectivity index (χ0v) is 19.5. The number of pyridine rings is 1. The SMILES string of the molecule is O=C(COC(=O)c1c2c(nc3ccccc13)/C(=C/c1ccc3c(c1)OCO3)CCC2)c1ccccc1. The second kappa shape index (κ2) is 9.30. The van der Waals surface area contributed by atoms with E-state index >= 15 is 0 Å². The molecule has 6 heteroatoms. The van der Waals surface area contributed by atoms with Crippen LogP contribution >= 0.6 is 0 Å². The summed E-state index contributed by atoms with van der Waals surface area (Å²) in [7, 11) is 0. The average molecular weight is 478 g/mol. The van der Waals surface area contributed by atoms with Crippen LogP contribution in [0.2, 0.25) is 0 Å². The van der Waals surface area contributed by atoms with Crippen molar-refractivity contribution in [3.63, 3.8) is 0 Å². The maximum absolute atomic E-state index is 13.4. The van der Waals surface area contributed by atoms with E-state index < -0.39 is 5.97 Å². The standard InChI is InChI=1S/C30H23NO5/c32-25(20-7-2-1-3-8-20)17-34-30(33)28-22-10-4-5-12-24(22)31-29-21(9-6-11-23(28)29)15-19-13-14-26-27(16-19)36-18-35-26/h1-5,7-8,10,12-16H,6,9,11,17-18H2/b21-15+. The smallest absolute Gasteiger partial charge is 0.339 e. The third-order valence-corrected chi connectivity index (χ3v) is 6.54. The Kier molecular flexibility index (Phi) is 5.70. The number of benzene rings is 3. The molecule has 6 nitrogen and oxygen atoms in total. The first kappa shape index (κ1) is 22.0. The van der Waals surface area contributed by atoms with E-state index in [1.165, 1.54) is 0 Å². The summed E-state index contributed by atoms with van der Waals surface area (Å²) in [5, 5.41) is 0.734. The van der Waals surface area contributed by atoms with E-state index in [-0.39, 0.29) is 19.2 Å². The van der Waals surface area contributed by atoms with Crippen LogP contribution in [0.3, 0.4) is 0 Å². The van der Waals surface area contributed by atoms with Crippen molar-refractivity contribution in [3.8, 4) is 11.5 Å². The lowest BCUT2D eigenvalue weighted by Gasteiger charge is -2.22. The first-order valence-electron chi connectivity index (χ1n) is 11.9. The van der Waals surface area contributed by atoms with Gasteiger partial charge in [0.25, 0.3) is 0 Å². The molecule has 36 heavy (non-hydrogen) atoms. The molecule has 0 saturated heterocycles. The Morgan fingerprint density at radius 2 is 1.72 bits per heavy atom. The summed E-state index contributed by atoms with van der Waals surface area (Å²) in [5.41, 5.74) is 5.43. The normalized spacial score (nSPS) is 15.1. The summed E-state index contributed by atoms with van der Waals surface area (Å²) in [6.45, 7) is -0.0852. The highest BCUT2D eigenvalue weighted by Crippen LogP contribution is 2.38. The van der Waals surface area contributed by atoms with Gasteiger partial charge in [0.2, 0.25) is 6.79 Å². The zero-order chi connectivity index (χ0) is 24.5. The lowest BCUT2D eigenvalue weighted by Crippen LogP contribution is -2.18. The van der Waals surface area contributed by atoms with Gasteiger partial charge >= 0.3 is 5.97 Å². The van der Waals surface area contributed by atoms with Crippen LogP contribution in [-0.2, 0) is 11.2 Å². The van der Waals surface area contributed by atoms with E-state index in [4.69, 9.17) is 19.2 Å². The maximum atomic E-state index is 13.4. The quantitative estimate of drug-likeness (QED) is 0.264. The molecular weight excluding hydrogens is 454 g/mol. The number of rotatable bonds is 5. The van der Waals surface area contributed by atoms with E-state index in [0.29, 0.717) is 17.5 Å². The Morgan fingerprint density at radius 3 is 2.61 bits per heavy atom. The van der Waals surface area contributed by atoms with Crippen LogP contribution < -0.4 is 9.47 Å². The molecule has 0 bridgehead atoms. The van der Waals surface area contributed by atoms with Crippen LogP contribution in [-0.4, -0.2) is 30.1 Å². The Hall–Kier alpha value is -4.45. The van der Waals surface area contributed by atoms with Crippen molar-refractivity contribution >= 4 is 34.3 Å². The summed E-state index contributed by atoms with van der Waals surface area (Å²) in [5.74, 6) is 0.720. The molecule has 0 amide bonds. The highest BCUT2D eigenvalue weighted by molar-refractivity contribution is 6.08. The molecule has 6 rings (SSSR count). The van der Waals surface area contributed by atoms with Gasteiger partial charge in [0.15, 0.2) is 23.9 Å². The van der Waals surface area contributed by atoms with Gasteiger partial charge < -0.3 is 14.2 Å². The molecule has 4 aromatic rings. The number of nitrogens with zero attached hydrogens (tertiary/aromatic N) is 1. The van der Waals surface area contributed by atoms with Gasteiger partial charge in [-0.25, -0.2) is 9.78 Å². The minimum absolute atomic E-state index is 0.226. The Balaban J connectivity index is 1.38. The van der Waals surface area contributed by atoms with Crippen molar-refractivity contribution in [1.82, 2.24) is 4.98 Å². The van der Waals surface area contributed by atoms with E-state index in [1.807, 2.05) is 48.5 Å². The minimum Gasteiger partial charge on any atom is -0.454 e. The number of allylic oxidation sites excluding steroid dienone is 1. The van der Waals surface area contributed by atoms with Crippen LogP contribution in [0.5, 0.6) is 11.5 Å². The Labute approximate surface area is 208 Å². The average Bonchev–Trinajstić information content (AvgIpc) is 3.39. The van der Waals surface area contributed by atoms with Gasteiger partial charge in [0, 0.05) is 10.9 Å². The van der Waals surface area contributed by atoms with Crippen molar-refractivity contribution in [2.45, 2.75) is 19.3 Å². The first-order chi connectivity index (χ1) is 17.7. The van der Waals surface area contributed by atoms with Crippen molar-refractivity contribution in [1.29, 1.82) is 0 Å². The fraction of sp³-hybridized carbons (Fsp3) is 0.167. The molecule has 0 unspecified atom stereocenters. The molecular formula is C30H23NO5. The predicted octanol–water partition coefficient (Wildman–Crippen LogP) is 5.88.